The number of rotatable bonds is 8. The van der Waals surface area contributed by atoms with E-state index < -0.39 is 0 Å². The largest absolute Gasteiger partial charge is 2.00 e. The van der Waals surface area contributed by atoms with Crippen LogP contribution in [0.15, 0.2) is 317 Å². The summed E-state index contributed by atoms with van der Waals surface area (Å²) in [5.74, 6) is 0. The van der Waals surface area contributed by atoms with E-state index in [0.29, 0.717) is 20.1 Å². The molecule has 0 fully saturated rings. The Hall–Kier alpha value is -8.39. The van der Waals surface area contributed by atoms with E-state index in [2.05, 4.69) is 129 Å². The van der Waals surface area contributed by atoms with Crippen LogP contribution in [0, 0.1) is 49.1 Å². The maximum atomic E-state index is 6.15. The Bertz CT molecular complexity index is 3930. The van der Waals surface area contributed by atoms with E-state index in [-0.39, 0.29) is 139 Å². The minimum absolute atomic E-state index is 0. The van der Waals surface area contributed by atoms with Crippen LogP contribution >= 0.6 is 46.4 Å². The van der Waals surface area contributed by atoms with E-state index in [1.165, 1.54) is 0 Å². The van der Waals surface area contributed by atoms with Crippen LogP contribution in [0.5, 0.6) is 0 Å². The number of nitrogens with zero attached hydrogens (tertiary/aromatic N) is 16. The van der Waals surface area contributed by atoms with E-state index >= 15 is 0 Å². The second kappa shape index (κ2) is 57.7. The summed E-state index contributed by atoms with van der Waals surface area (Å²) < 4.78 is 0. The SMILES string of the molecule is Clc1cc(-c2ccccn2)nc(-c2ccccn2)c1.Clc1cc(-c2ccccn2)nc(-c2ccccn2)c1.Clc1cc(-c2ccccn2)nc(-c2ccccn2)c1.Clc1cc(-c2ccccn2)nc(-c2ccccn2)c1.N.N.[Pt+2].[Pt+2].[Pt+2].[Pt+2].[Pt+2].[Pt+2].[c-]1c[c-]ncc1.[c-]1c[c-]ncc1.[c-]1c[c-]ncc1.[c-]1c[c-]ncc1. The third-order valence-corrected chi connectivity index (χ3v) is 13.3. The molecule has 0 radical (unpaired) electrons. The molecule has 552 valence electrons. The monoisotopic (exact) mass is 2580 g/mol. The number of aromatic nitrogens is 16. The molecule has 0 aliphatic rings. The molecule has 18 nitrogen and oxygen atoms in total. The van der Waals surface area contributed by atoms with Crippen molar-refractivity contribution in [2.45, 2.75) is 0 Å². The van der Waals surface area contributed by atoms with Gasteiger partial charge < -0.3 is 56.5 Å². The summed E-state index contributed by atoms with van der Waals surface area (Å²) in [6.07, 6.45) is 30.8. The van der Waals surface area contributed by atoms with E-state index in [4.69, 9.17) is 46.4 Å². The predicted molar refractivity (Wildman–Crippen MR) is 401 cm³/mol. The van der Waals surface area contributed by atoms with E-state index in [0.717, 1.165) is 91.1 Å². The van der Waals surface area contributed by atoms with Gasteiger partial charge in [-0.3, -0.25) is 113 Å². The Morgan fingerprint density at radius 1 is 0.194 bits per heavy atom. The number of halogens is 4. The molecule has 0 bridgehead atoms. The Morgan fingerprint density at radius 2 is 0.343 bits per heavy atom. The van der Waals surface area contributed by atoms with Crippen molar-refractivity contribution >= 4 is 46.4 Å². The molecule has 0 saturated carbocycles. The zero-order chi connectivity index (χ0) is 69.3. The molecule has 108 heavy (non-hydrogen) atoms. The minimum Gasteiger partial charge on any atom is -0.529 e. The first-order valence-corrected chi connectivity index (χ1v) is 31.6. The number of hydrogen-bond acceptors (Lipinski definition) is 18. The van der Waals surface area contributed by atoms with Crippen molar-refractivity contribution in [3.63, 3.8) is 0 Å². The predicted octanol–water partition coefficient (Wildman–Crippen LogP) is 18.5. The van der Waals surface area contributed by atoms with Gasteiger partial charge in [0.2, 0.25) is 0 Å². The topological polar surface area (TPSA) is 276 Å². The first-order valence-electron chi connectivity index (χ1n) is 30.1. The summed E-state index contributed by atoms with van der Waals surface area (Å²) in [5, 5.41) is 2.49. The molecule has 0 spiro atoms. The summed E-state index contributed by atoms with van der Waals surface area (Å²) in [7, 11) is 0. The Balaban J connectivity index is 0.000000637. The van der Waals surface area contributed by atoms with Crippen LogP contribution < -0.4 is 12.3 Å². The van der Waals surface area contributed by atoms with Crippen LogP contribution in [-0.4, -0.2) is 79.7 Å². The second-order valence-electron chi connectivity index (χ2n) is 19.5. The summed E-state index contributed by atoms with van der Waals surface area (Å²) in [4.78, 5) is 67.0. The molecule has 0 amide bonds. The molecular formula is C80H58Cl4N18Pt6+4. The zero-order valence-electron chi connectivity index (χ0n) is 56.0. The van der Waals surface area contributed by atoms with Crippen LogP contribution in [0.3, 0.4) is 0 Å². The van der Waals surface area contributed by atoms with Gasteiger partial charge in [0, 0.05) is 69.7 Å². The minimum atomic E-state index is 0. The van der Waals surface area contributed by atoms with E-state index in [1.807, 2.05) is 146 Å². The zero-order valence-corrected chi connectivity index (χ0v) is 72.7. The van der Waals surface area contributed by atoms with Gasteiger partial charge in [-0.15, -0.1) is 0 Å². The van der Waals surface area contributed by atoms with Gasteiger partial charge in [-0.1, -0.05) is 94.9 Å². The molecule has 0 aliphatic heterocycles. The van der Waals surface area contributed by atoms with Crippen LogP contribution in [0.25, 0.3) is 91.1 Å². The van der Waals surface area contributed by atoms with Crippen molar-refractivity contribution in [3.8, 4) is 91.1 Å². The maximum Gasteiger partial charge on any atom is 2.00 e. The van der Waals surface area contributed by atoms with E-state index in [9.17, 15) is 0 Å². The molecule has 0 atom stereocenters. The van der Waals surface area contributed by atoms with Gasteiger partial charge >= 0.3 is 126 Å². The van der Waals surface area contributed by atoms with Gasteiger partial charge in [0.1, 0.15) is 0 Å². The van der Waals surface area contributed by atoms with Crippen LogP contribution in [0.4, 0.5) is 0 Å². The first kappa shape index (κ1) is 97.6. The summed E-state index contributed by atoms with van der Waals surface area (Å²) >= 11 is 24.6. The molecule has 0 saturated heterocycles. The second-order valence-corrected chi connectivity index (χ2v) is 21.2. The van der Waals surface area contributed by atoms with Gasteiger partial charge in [0.15, 0.2) is 0 Å². The van der Waals surface area contributed by atoms with E-state index in [1.54, 1.807) is 171 Å². The van der Waals surface area contributed by atoms with Crippen LogP contribution in [0.1, 0.15) is 0 Å². The molecule has 16 aromatic rings. The summed E-state index contributed by atoms with van der Waals surface area (Å²) in [6.45, 7) is 0. The van der Waals surface area contributed by atoms with Crippen molar-refractivity contribution in [1.82, 2.24) is 92.0 Å². The average molecular weight is 2580 g/mol. The van der Waals surface area contributed by atoms with Gasteiger partial charge in [0.25, 0.3) is 0 Å². The summed E-state index contributed by atoms with van der Waals surface area (Å²) in [6, 6.07) is 84.6. The van der Waals surface area contributed by atoms with Crippen molar-refractivity contribution in [3.05, 3.63) is 386 Å². The average Bonchev–Trinajstić information content (AvgIpc) is 0.847. The fourth-order valence-electron chi connectivity index (χ4n) is 8.14. The molecule has 16 heterocycles. The van der Waals surface area contributed by atoms with Crippen molar-refractivity contribution in [1.29, 1.82) is 0 Å². The van der Waals surface area contributed by atoms with Crippen LogP contribution in [0.2, 0.25) is 20.1 Å². The van der Waals surface area contributed by atoms with Crippen molar-refractivity contribution in [2.24, 2.45) is 0 Å². The third-order valence-electron chi connectivity index (χ3n) is 12.4. The molecule has 0 unspecified atom stereocenters. The molecular weight excluding hydrogens is 2530 g/mol. The normalized spacial score (nSPS) is 9.07. The van der Waals surface area contributed by atoms with Gasteiger partial charge in [-0.25, -0.2) is 44.7 Å². The van der Waals surface area contributed by atoms with Gasteiger partial charge in [0.05, 0.1) is 91.1 Å². The molecule has 0 aromatic carbocycles. The standard InChI is InChI=1S/4C15H10ClN3.4C5H3N.2H3N.6Pt/c4*16-11-9-14(12-5-1-3-7-17-12)19-15(10-11)13-6-2-4-8-18-13;4*1-2-4-6-5-3-1;;;;;;;;/h4*1-10H;4*2-4H;2*1H3;;;;;;/q;;;;4*-2;;;6*+2. The smallest absolute Gasteiger partial charge is 0.529 e. The first-order chi connectivity index (χ1) is 49.3. The molecule has 16 rings (SSSR count). The summed E-state index contributed by atoms with van der Waals surface area (Å²) in [5.41, 5.74) is 12.3. The Morgan fingerprint density at radius 3 is 0.426 bits per heavy atom. The number of pyridine rings is 16. The Kier molecular flexibility index (Phi) is 52.1. The molecule has 16 aromatic heterocycles. The molecule has 0 aliphatic carbocycles. The van der Waals surface area contributed by atoms with Crippen molar-refractivity contribution in [2.75, 3.05) is 0 Å². The Labute approximate surface area is 734 Å². The fraction of sp³-hybridized carbons (Fsp3) is 0. The quantitative estimate of drug-likeness (QED) is 0.134. The fourth-order valence-corrected chi connectivity index (χ4v) is 8.96. The molecule has 28 heteroatoms. The maximum absolute atomic E-state index is 6.15. The third kappa shape index (κ3) is 35.8. The number of hydrogen-bond donors (Lipinski definition) is 2. The molecule has 6 N–H and O–H groups in total. The van der Waals surface area contributed by atoms with Gasteiger partial charge in [-0.05, 0) is 146 Å². The van der Waals surface area contributed by atoms with Gasteiger partial charge in [-0.2, -0.15) is 0 Å². The van der Waals surface area contributed by atoms with Crippen molar-refractivity contribution < 1.29 is 126 Å². The van der Waals surface area contributed by atoms with Crippen LogP contribution in [-0.2, 0) is 126 Å².